The molecule has 0 rings (SSSR count). The van der Waals surface area contributed by atoms with Crippen molar-refractivity contribution in [1.29, 1.82) is 0 Å². The highest BCUT2D eigenvalue weighted by atomic mass is 31.2. The zero-order valence-electron chi connectivity index (χ0n) is 10.2. The number of hydrogen-bond donors (Lipinski definition) is 0. The van der Waals surface area contributed by atoms with E-state index in [9.17, 15) is 9.36 Å². The topological polar surface area (TPSA) is 61.8 Å². The van der Waals surface area contributed by atoms with Crippen LogP contribution in [-0.2, 0) is 18.3 Å². The molecule has 96 valence electrons. The molecule has 0 aliphatic heterocycles. The summed E-state index contributed by atoms with van der Waals surface area (Å²) in [5.74, 6) is 0. The highest BCUT2D eigenvalue weighted by molar-refractivity contribution is 7.71. The van der Waals surface area contributed by atoms with Gasteiger partial charge in [-0.25, -0.2) is 9.36 Å². The van der Waals surface area contributed by atoms with Crippen molar-refractivity contribution in [1.82, 2.24) is 0 Å². The van der Waals surface area contributed by atoms with Crippen LogP contribution in [0.4, 0.5) is 4.79 Å². The summed E-state index contributed by atoms with van der Waals surface area (Å²) >= 11 is 0. The predicted molar refractivity (Wildman–Crippen MR) is 61.7 cm³/mol. The molecule has 16 heavy (non-hydrogen) atoms. The quantitative estimate of drug-likeness (QED) is 0.587. The normalized spacial score (nSPS) is 11.4. The van der Waals surface area contributed by atoms with Crippen LogP contribution in [0.15, 0.2) is 0 Å². The predicted octanol–water partition coefficient (Wildman–Crippen LogP) is 3.58. The van der Waals surface area contributed by atoms with Crippen molar-refractivity contribution in [3.05, 3.63) is 0 Å². The Morgan fingerprint density at radius 3 is 1.75 bits per heavy atom. The van der Waals surface area contributed by atoms with Gasteiger partial charge in [-0.3, -0.25) is 0 Å². The Labute approximate surface area is 97.0 Å². The smallest absolute Gasteiger partial charge is 0.438 e. The molecule has 0 N–H and O–H groups in total. The average Bonchev–Trinajstić information content (AvgIpc) is 2.30. The van der Waals surface area contributed by atoms with E-state index >= 15 is 0 Å². The van der Waals surface area contributed by atoms with E-state index < -0.39 is 13.3 Å². The largest absolute Gasteiger partial charge is 0.457 e. The van der Waals surface area contributed by atoms with Crippen LogP contribution in [0.2, 0.25) is 0 Å². The first-order valence-corrected chi connectivity index (χ1v) is 7.21. The van der Waals surface area contributed by atoms with Crippen molar-refractivity contribution >= 4 is 13.3 Å². The van der Waals surface area contributed by atoms with Crippen LogP contribution >= 0.6 is 7.60 Å². The molecule has 0 bridgehead atoms. The van der Waals surface area contributed by atoms with Crippen LogP contribution in [0.1, 0.15) is 40.0 Å². The summed E-state index contributed by atoms with van der Waals surface area (Å²) in [4.78, 5) is 11.5. The second-order valence-electron chi connectivity index (χ2n) is 3.28. The lowest BCUT2D eigenvalue weighted by Crippen LogP contribution is -2.10. The third-order valence-electron chi connectivity index (χ3n) is 1.58. The summed E-state index contributed by atoms with van der Waals surface area (Å²) in [6.07, 6.45) is 2.01. The van der Waals surface area contributed by atoms with E-state index in [4.69, 9.17) is 13.8 Å². The van der Waals surface area contributed by atoms with Crippen molar-refractivity contribution < 1.29 is 23.1 Å². The first-order valence-electron chi connectivity index (χ1n) is 5.67. The van der Waals surface area contributed by atoms with E-state index in [0.29, 0.717) is 19.3 Å². The lowest BCUT2D eigenvalue weighted by Gasteiger charge is -2.16. The minimum absolute atomic E-state index is 0.224. The van der Waals surface area contributed by atoms with E-state index in [-0.39, 0.29) is 19.8 Å². The molecule has 0 aromatic carbocycles. The highest BCUT2D eigenvalue weighted by Crippen LogP contribution is 2.50. The molecule has 0 amide bonds. The van der Waals surface area contributed by atoms with Crippen LogP contribution in [0.5, 0.6) is 0 Å². The number of carbonyl (C=O) groups is 1. The molecule has 0 fully saturated rings. The van der Waals surface area contributed by atoms with Crippen LogP contribution < -0.4 is 0 Å². The van der Waals surface area contributed by atoms with Crippen molar-refractivity contribution in [2.75, 3.05) is 19.8 Å². The third kappa shape index (κ3) is 5.64. The minimum atomic E-state index is -3.73. The van der Waals surface area contributed by atoms with Crippen LogP contribution in [0.25, 0.3) is 0 Å². The average molecular weight is 252 g/mol. The Kier molecular flexibility index (Phi) is 8.53. The van der Waals surface area contributed by atoms with Crippen LogP contribution in [-0.4, -0.2) is 25.5 Å². The second-order valence-corrected chi connectivity index (χ2v) is 5.15. The maximum Gasteiger partial charge on any atom is 0.438 e. The van der Waals surface area contributed by atoms with Gasteiger partial charge in [-0.2, -0.15) is 0 Å². The van der Waals surface area contributed by atoms with Crippen molar-refractivity contribution in [2.45, 2.75) is 40.0 Å². The Balaban J connectivity index is 4.37. The number of carbonyl (C=O) groups excluding carboxylic acids is 1. The van der Waals surface area contributed by atoms with Crippen LogP contribution in [0.3, 0.4) is 0 Å². The first kappa shape index (κ1) is 15.6. The Bertz CT molecular complexity index is 229. The van der Waals surface area contributed by atoms with E-state index in [2.05, 4.69) is 0 Å². The molecule has 0 atom stereocenters. The van der Waals surface area contributed by atoms with Gasteiger partial charge in [0.2, 0.25) is 0 Å². The molecule has 0 radical (unpaired) electrons. The summed E-state index contributed by atoms with van der Waals surface area (Å²) in [6, 6.07) is 0. The molecule has 0 aliphatic rings. The molecule has 0 aliphatic carbocycles. The maximum atomic E-state index is 12.0. The maximum absolute atomic E-state index is 12.0. The van der Waals surface area contributed by atoms with E-state index in [1.165, 1.54) is 0 Å². The summed E-state index contributed by atoms with van der Waals surface area (Å²) in [5.41, 5.74) is -0.878. The van der Waals surface area contributed by atoms with Gasteiger partial charge in [0, 0.05) is 0 Å². The van der Waals surface area contributed by atoms with E-state index in [1.807, 2.05) is 20.8 Å². The molecule has 0 unspecified atom stereocenters. The number of hydrogen-bond acceptors (Lipinski definition) is 5. The van der Waals surface area contributed by atoms with Gasteiger partial charge >= 0.3 is 13.3 Å². The highest BCUT2D eigenvalue weighted by Gasteiger charge is 2.36. The molecule has 0 saturated carbocycles. The van der Waals surface area contributed by atoms with Crippen molar-refractivity contribution in [2.24, 2.45) is 0 Å². The fourth-order valence-corrected chi connectivity index (χ4v) is 2.21. The Hall–Kier alpha value is -0.380. The summed E-state index contributed by atoms with van der Waals surface area (Å²) < 4.78 is 26.8. The zero-order chi connectivity index (χ0) is 12.4. The Morgan fingerprint density at radius 2 is 1.38 bits per heavy atom. The zero-order valence-corrected chi connectivity index (χ0v) is 11.1. The van der Waals surface area contributed by atoms with Crippen LogP contribution in [0, 0.1) is 0 Å². The summed E-state index contributed by atoms with van der Waals surface area (Å²) in [6.45, 7) is 6.26. The van der Waals surface area contributed by atoms with Gasteiger partial charge in [-0.1, -0.05) is 20.8 Å². The molecule has 0 aromatic rings. The van der Waals surface area contributed by atoms with Gasteiger partial charge in [0.1, 0.15) is 0 Å². The monoisotopic (exact) mass is 252 g/mol. The number of rotatable bonds is 9. The van der Waals surface area contributed by atoms with Crippen molar-refractivity contribution in [3.63, 3.8) is 0 Å². The second kappa shape index (κ2) is 8.74. The fraction of sp³-hybridized carbons (Fsp3) is 0.900. The fourth-order valence-electron chi connectivity index (χ4n) is 0.834. The lowest BCUT2D eigenvalue weighted by atomic mass is 10.5. The van der Waals surface area contributed by atoms with E-state index in [0.717, 1.165) is 0 Å². The van der Waals surface area contributed by atoms with E-state index in [1.54, 1.807) is 0 Å². The SMILES string of the molecule is CCCOC(=O)P(=O)(OCCC)OCCC. The standard InChI is InChI=1S/C10H21O5P/c1-4-7-13-10(11)16(12,14-8-5-2)15-9-6-3/h4-9H2,1-3H3. The summed E-state index contributed by atoms with van der Waals surface area (Å²) in [7, 11) is -3.73. The number of ether oxygens (including phenoxy) is 1. The molecule has 0 spiro atoms. The molecule has 6 heteroatoms. The molecular formula is C10H21O5P. The van der Waals surface area contributed by atoms with Gasteiger partial charge in [0.15, 0.2) is 0 Å². The Morgan fingerprint density at radius 1 is 0.938 bits per heavy atom. The molecule has 0 heterocycles. The molecular weight excluding hydrogens is 231 g/mol. The van der Waals surface area contributed by atoms with Gasteiger partial charge in [0.05, 0.1) is 19.8 Å². The van der Waals surface area contributed by atoms with Gasteiger partial charge in [-0.15, -0.1) is 0 Å². The minimum Gasteiger partial charge on any atom is -0.457 e. The third-order valence-corrected chi connectivity index (χ3v) is 3.21. The summed E-state index contributed by atoms with van der Waals surface area (Å²) in [5, 5.41) is 0. The van der Waals surface area contributed by atoms with Gasteiger partial charge in [0.25, 0.3) is 0 Å². The van der Waals surface area contributed by atoms with Gasteiger partial charge in [-0.05, 0) is 19.3 Å². The molecule has 0 saturated heterocycles. The van der Waals surface area contributed by atoms with Crippen molar-refractivity contribution in [3.8, 4) is 0 Å². The molecule has 0 aromatic heterocycles. The van der Waals surface area contributed by atoms with Gasteiger partial charge < -0.3 is 13.8 Å². The lowest BCUT2D eigenvalue weighted by molar-refractivity contribution is 0.145. The first-order chi connectivity index (χ1) is 7.60. The molecule has 5 nitrogen and oxygen atoms in total.